The summed E-state index contributed by atoms with van der Waals surface area (Å²) in [6, 6.07) is 10.9. The molecule has 1 unspecified atom stereocenters. The summed E-state index contributed by atoms with van der Waals surface area (Å²) >= 11 is 0. The molecule has 21 heavy (non-hydrogen) atoms. The molecule has 0 amide bonds. The van der Waals surface area contributed by atoms with E-state index in [0.717, 1.165) is 45.3 Å². The lowest BCUT2D eigenvalue weighted by Crippen LogP contribution is -2.56. The molecular formula is C18H24N2O. The van der Waals surface area contributed by atoms with Gasteiger partial charge in [-0.3, -0.25) is 0 Å². The first-order valence-corrected chi connectivity index (χ1v) is 8.05. The zero-order valence-corrected chi connectivity index (χ0v) is 12.8. The van der Waals surface area contributed by atoms with Gasteiger partial charge in [0.05, 0.1) is 17.1 Å². The van der Waals surface area contributed by atoms with E-state index in [-0.39, 0.29) is 0 Å². The van der Waals surface area contributed by atoms with Gasteiger partial charge in [-0.15, -0.1) is 0 Å². The molecule has 0 spiro atoms. The lowest BCUT2D eigenvalue weighted by molar-refractivity contribution is -0.102. The molecular weight excluding hydrogens is 260 g/mol. The highest BCUT2D eigenvalue weighted by atomic mass is 16.3. The number of aliphatic hydroxyl groups is 1. The van der Waals surface area contributed by atoms with Crippen LogP contribution in [0.3, 0.4) is 0 Å². The quantitative estimate of drug-likeness (QED) is 0.908. The van der Waals surface area contributed by atoms with Gasteiger partial charge in [-0.1, -0.05) is 31.2 Å². The fourth-order valence-electron chi connectivity index (χ4n) is 4.05. The van der Waals surface area contributed by atoms with Crippen LogP contribution < -0.4 is 0 Å². The molecule has 1 aromatic rings. The zero-order chi connectivity index (χ0) is 14.9. The Balaban J connectivity index is 1.87. The largest absolute Gasteiger partial charge is 0.388 e. The Kier molecular flexibility index (Phi) is 3.77. The Bertz CT molecular complexity index is 555. The van der Waals surface area contributed by atoms with Gasteiger partial charge in [0, 0.05) is 13.1 Å². The highest BCUT2D eigenvalue weighted by Gasteiger charge is 2.52. The van der Waals surface area contributed by atoms with Crippen LogP contribution in [-0.2, 0) is 12.8 Å². The molecule has 0 aromatic heterocycles. The highest BCUT2D eigenvalue weighted by molar-refractivity contribution is 5.35. The minimum atomic E-state index is -0.832. The number of aryl methyl sites for hydroxylation is 1. The lowest BCUT2D eigenvalue weighted by Gasteiger charge is -2.49. The monoisotopic (exact) mass is 284 g/mol. The second-order valence-corrected chi connectivity index (χ2v) is 6.61. The Hall–Kier alpha value is -1.37. The highest BCUT2D eigenvalue weighted by Crippen LogP contribution is 2.47. The lowest BCUT2D eigenvalue weighted by atomic mass is 9.60. The van der Waals surface area contributed by atoms with Gasteiger partial charge in [0.15, 0.2) is 0 Å². The fraction of sp³-hybridized carbons (Fsp3) is 0.611. The molecule has 1 aliphatic heterocycles. The summed E-state index contributed by atoms with van der Waals surface area (Å²) in [4.78, 5) is 2.36. The third kappa shape index (κ3) is 2.37. The molecule has 1 saturated heterocycles. The average molecular weight is 284 g/mol. The number of piperidine rings is 1. The Morgan fingerprint density at radius 2 is 1.86 bits per heavy atom. The van der Waals surface area contributed by atoms with Gasteiger partial charge in [-0.05, 0) is 49.8 Å². The summed E-state index contributed by atoms with van der Waals surface area (Å²) in [5.41, 5.74) is 1.15. The molecule has 3 nitrogen and oxygen atoms in total. The second kappa shape index (κ2) is 5.44. The van der Waals surface area contributed by atoms with Crippen molar-refractivity contribution in [2.75, 3.05) is 19.6 Å². The Morgan fingerprint density at radius 3 is 2.48 bits per heavy atom. The number of nitrogens with zero attached hydrogens (tertiary/aromatic N) is 2. The van der Waals surface area contributed by atoms with Gasteiger partial charge >= 0.3 is 0 Å². The molecule has 112 valence electrons. The molecule has 1 heterocycles. The van der Waals surface area contributed by atoms with Crippen LogP contribution in [0.25, 0.3) is 0 Å². The normalized spacial score (nSPS) is 28.6. The van der Waals surface area contributed by atoms with E-state index in [9.17, 15) is 10.4 Å². The number of hydrogen-bond acceptors (Lipinski definition) is 3. The predicted molar refractivity (Wildman–Crippen MR) is 82.8 cm³/mol. The maximum atomic E-state index is 11.2. The van der Waals surface area contributed by atoms with Crippen molar-refractivity contribution in [3.8, 4) is 6.07 Å². The van der Waals surface area contributed by atoms with Crippen LogP contribution in [0, 0.1) is 16.7 Å². The fourth-order valence-corrected chi connectivity index (χ4v) is 4.05. The van der Waals surface area contributed by atoms with Crippen molar-refractivity contribution in [2.45, 2.75) is 44.6 Å². The van der Waals surface area contributed by atoms with Gasteiger partial charge in [0.25, 0.3) is 0 Å². The SMILES string of the molecule is CCN1CCC(O)(C2(C#N)CCc3ccccc3C2)CC1. The third-order valence-electron chi connectivity index (χ3n) is 5.67. The second-order valence-electron chi connectivity index (χ2n) is 6.61. The number of likely N-dealkylation sites (tertiary alicyclic amines) is 1. The van der Waals surface area contributed by atoms with Crippen molar-refractivity contribution >= 4 is 0 Å². The molecule has 2 aliphatic rings. The number of fused-ring (bicyclic) bond motifs is 1. The van der Waals surface area contributed by atoms with Gasteiger partial charge in [-0.25, -0.2) is 0 Å². The van der Waals surface area contributed by atoms with E-state index >= 15 is 0 Å². The smallest absolute Gasteiger partial charge is 0.0904 e. The Labute approximate surface area is 127 Å². The molecule has 1 aliphatic carbocycles. The number of rotatable bonds is 2. The predicted octanol–water partition coefficient (Wildman–Crippen LogP) is 2.53. The molecule has 1 atom stereocenters. The van der Waals surface area contributed by atoms with E-state index < -0.39 is 11.0 Å². The van der Waals surface area contributed by atoms with E-state index in [1.807, 2.05) is 6.07 Å². The van der Waals surface area contributed by atoms with E-state index in [4.69, 9.17) is 0 Å². The molecule has 3 heteroatoms. The molecule has 3 rings (SSSR count). The van der Waals surface area contributed by atoms with Crippen molar-refractivity contribution in [1.82, 2.24) is 4.90 Å². The van der Waals surface area contributed by atoms with Gasteiger partial charge in [0.2, 0.25) is 0 Å². The first-order chi connectivity index (χ1) is 10.1. The molecule has 1 aromatic carbocycles. The molecule has 0 saturated carbocycles. The summed E-state index contributed by atoms with van der Waals surface area (Å²) in [5, 5.41) is 21.1. The van der Waals surface area contributed by atoms with Crippen LogP contribution in [0.2, 0.25) is 0 Å². The van der Waals surface area contributed by atoms with Crippen molar-refractivity contribution in [1.29, 1.82) is 5.26 Å². The summed E-state index contributed by atoms with van der Waals surface area (Å²) < 4.78 is 0. The topological polar surface area (TPSA) is 47.3 Å². The minimum absolute atomic E-state index is 0.610. The van der Waals surface area contributed by atoms with Gasteiger partial charge in [0.1, 0.15) is 0 Å². The van der Waals surface area contributed by atoms with E-state index in [2.05, 4.69) is 36.1 Å². The molecule has 0 bridgehead atoms. The van der Waals surface area contributed by atoms with E-state index in [1.54, 1.807) is 0 Å². The standard InChI is InChI=1S/C18H24N2O/c1-2-20-11-9-18(21,10-12-20)17(14-19)8-7-15-5-3-4-6-16(15)13-17/h3-6,21H,2,7-13H2,1H3. The van der Waals surface area contributed by atoms with Crippen LogP contribution in [0.1, 0.15) is 37.3 Å². The zero-order valence-electron chi connectivity index (χ0n) is 12.8. The Morgan fingerprint density at radius 1 is 1.19 bits per heavy atom. The van der Waals surface area contributed by atoms with E-state index in [1.165, 1.54) is 11.1 Å². The number of hydrogen-bond donors (Lipinski definition) is 1. The van der Waals surface area contributed by atoms with Crippen LogP contribution in [-0.4, -0.2) is 35.2 Å². The van der Waals surface area contributed by atoms with Crippen molar-refractivity contribution in [3.63, 3.8) is 0 Å². The van der Waals surface area contributed by atoms with Crippen LogP contribution in [0.15, 0.2) is 24.3 Å². The summed E-state index contributed by atoms with van der Waals surface area (Å²) in [6.45, 7) is 4.98. The maximum Gasteiger partial charge on any atom is 0.0904 e. The molecule has 0 radical (unpaired) electrons. The summed E-state index contributed by atoms with van der Waals surface area (Å²) in [6.07, 6.45) is 3.82. The van der Waals surface area contributed by atoms with Crippen molar-refractivity contribution < 1.29 is 5.11 Å². The maximum absolute atomic E-state index is 11.2. The van der Waals surface area contributed by atoms with Crippen LogP contribution >= 0.6 is 0 Å². The molecule has 1 N–H and O–H groups in total. The minimum Gasteiger partial charge on any atom is -0.388 e. The summed E-state index contributed by atoms with van der Waals surface area (Å²) in [5.74, 6) is 0. The first kappa shape index (κ1) is 14.6. The number of nitriles is 1. The van der Waals surface area contributed by atoms with Gasteiger partial charge in [-0.2, -0.15) is 5.26 Å². The number of benzene rings is 1. The molecule has 1 fully saturated rings. The summed E-state index contributed by atoms with van der Waals surface area (Å²) in [7, 11) is 0. The van der Waals surface area contributed by atoms with Crippen LogP contribution in [0.5, 0.6) is 0 Å². The average Bonchev–Trinajstić information content (AvgIpc) is 2.55. The van der Waals surface area contributed by atoms with Crippen LogP contribution in [0.4, 0.5) is 0 Å². The third-order valence-corrected chi connectivity index (χ3v) is 5.67. The van der Waals surface area contributed by atoms with Crippen molar-refractivity contribution in [2.24, 2.45) is 5.41 Å². The van der Waals surface area contributed by atoms with E-state index in [0.29, 0.717) is 6.42 Å². The van der Waals surface area contributed by atoms with Crippen molar-refractivity contribution in [3.05, 3.63) is 35.4 Å². The van der Waals surface area contributed by atoms with Gasteiger partial charge < -0.3 is 10.0 Å². The first-order valence-electron chi connectivity index (χ1n) is 8.05.